The van der Waals surface area contributed by atoms with Crippen LogP contribution in [-0.4, -0.2) is 35.4 Å². The highest BCUT2D eigenvalue weighted by atomic mass is 19.1. The molecule has 0 N–H and O–H groups in total. The number of benzene rings is 1. The summed E-state index contributed by atoms with van der Waals surface area (Å²) in [5.41, 5.74) is 3.14. The number of nitriles is 1. The predicted molar refractivity (Wildman–Crippen MR) is 104 cm³/mol. The maximum Gasteiger partial charge on any atom is 0.219 e. The molecule has 2 aliphatic rings. The molecule has 2 saturated heterocycles. The van der Waals surface area contributed by atoms with E-state index in [1.54, 1.807) is 19.1 Å². The minimum Gasteiger partial charge on any atom is -0.356 e. The van der Waals surface area contributed by atoms with Crippen molar-refractivity contribution in [3.05, 3.63) is 58.5 Å². The molecule has 0 radical (unpaired) electrons. The molecule has 3 heterocycles. The smallest absolute Gasteiger partial charge is 0.219 e. The molecule has 2 aromatic rings. The standard InChI is InChI=1S/C22H23FN4O/c1-13-7-21(25-14(2)19(13)9-24)26-10-17-11-27(15(3)28)22(20(17)12-26)16-5-4-6-18(23)8-16/h4-8,17,20,22H,10-12H2,1-3H3/t17-,20-,22-/m1/s1. The molecule has 2 fully saturated rings. The summed E-state index contributed by atoms with van der Waals surface area (Å²) in [7, 11) is 0. The molecule has 0 saturated carbocycles. The molecule has 6 heteroatoms. The van der Waals surface area contributed by atoms with Gasteiger partial charge >= 0.3 is 0 Å². The monoisotopic (exact) mass is 378 g/mol. The molecule has 1 aromatic carbocycles. The van der Waals surface area contributed by atoms with Crippen LogP contribution < -0.4 is 4.90 Å². The van der Waals surface area contributed by atoms with Crippen molar-refractivity contribution < 1.29 is 9.18 Å². The summed E-state index contributed by atoms with van der Waals surface area (Å²) in [6.07, 6.45) is 0. The normalized spacial score (nSPS) is 23.6. The molecule has 1 amide bonds. The van der Waals surface area contributed by atoms with Gasteiger partial charge in [-0.3, -0.25) is 4.79 Å². The zero-order valence-corrected chi connectivity index (χ0v) is 16.3. The average molecular weight is 378 g/mol. The van der Waals surface area contributed by atoms with Crippen molar-refractivity contribution in [3.63, 3.8) is 0 Å². The van der Waals surface area contributed by atoms with Crippen molar-refractivity contribution in [2.75, 3.05) is 24.5 Å². The first-order valence-corrected chi connectivity index (χ1v) is 9.55. The lowest BCUT2D eigenvalue weighted by molar-refractivity contribution is -0.130. The number of anilines is 1. The van der Waals surface area contributed by atoms with Gasteiger partial charge in [0.2, 0.25) is 5.91 Å². The van der Waals surface area contributed by atoms with Crippen LogP contribution in [0.5, 0.6) is 0 Å². The summed E-state index contributed by atoms with van der Waals surface area (Å²) in [6.45, 7) is 7.61. The number of halogens is 1. The number of aromatic nitrogens is 1. The first-order valence-electron chi connectivity index (χ1n) is 9.55. The number of pyridine rings is 1. The van der Waals surface area contributed by atoms with E-state index in [2.05, 4.69) is 16.0 Å². The van der Waals surface area contributed by atoms with Gasteiger partial charge in [-0.1, -0.05) is 12.1 Å². The van der Waals surface area contributed by atoms with E-state index in [1.165, 1.54) is 6.07 Å². The van der Waals surface area contributed by atoms with Gasteiger partial charge in [0, 0.05) is 38.4 Å². The van der Waals surface area contributed by atoms with Gasteiger partial charge in [0.05, 0.1) is 17.3 Å². The van der Waals surface area contributed by atoms with Crippen LogP contribution in [0.2, 0.25) is 0 Å². The number of rotatable bonds is 2. The lowest BCUT2D eigenvalue weighted by Gasteiger charge is -2.29. The van der Waals surface area contributed by atoms with Crippen molar-refractivity contribution in [2.24, 2.45) is 11.8 Å². The fourth-order valence-corrected chi connectivity index (χ4v) is 4.82. The van der Waals surface area contributed by atoms with Gasteiger partial charge in [-0.25, -0.2) is 9.37 Å². The number of aryl methyl sites for hydroxylation is 2. The van der Waals surface area contributed by atoms with E-state index in [0.717, 1.165) is 35.7 Å². The van der Waals surface area contributed by atoms with Gasteiger partial charge in [0.1, 0.15) is 17.7 Å². The average Bonchev–Trinajstić information content (AvgIpc) is 3.19. The van der Waals surface area contributed by atoms with E-state index in [4.69, 9.17) is 0 Å². The number of nitrogens with zero attached hydrogens (tertiary/aromatic N) is 4. The Balaban J connectivity index is 1.65. The molecular weight excluding hydrogens is 355 g/mol. The van der Waals surface area contributed by atoms with Crippen molar-refractivity contribution >= 4 is 11.7 Å². The molecule has 1 aromatic heterocycles. The molecule has 144 valence electrons. The van der Waals surface area contributed by atoms with Gasteiger partial charge in [-0.05, 0) is 43.2 Å². The number of hydrogen-bond donors (Lipinski definition) is 0. The first-order chi connectivity index (χ1) is 13.4. The van der Waals surface area contributed by atoms with Crippen LogP contribution in [0.4, 0.5) is 10.2 Å². The summed E-state index contributed by atoms with van der Waals surface area (Å²) in [4.78, 5) is 21.0. The van der Waals surface area contributed by atoms with Crippen LogP contribution in [0.25, 0.3) is 0 Å². The molecule has 2 aliphatic heterocycles. The fourth-order valence-electron chi connectivity index (χ4n) is 4.82. The zero-order chi connectivity index (χ0) is 20.0. The summed E-state index contributed by atoms with van der Waals surface area (Å²) in [5.74, 6) is 1.16. The van der Waals surface area contributed by atoms with Crippen LogP contribution in [-0.2, 0) is 4.79 Å². The Bertz CT molecular complexity index is 960. The van der Waals surface area contributed by atoms with Crippen LogP contribution in [0.3, 0.4) is 0 Å². The fraction of sp³-hybridized carbons (Fsp3) is 0.409. The van der Waals surface area contributed by atoms with E-state index < -0.39 is 0 Å². The maximum absolute atomic E-state index is 13.8. The van der Waals surface area contributed by atoms with Crippen molar-refractivity contribution in [3.8, 4) is 6.07 Å². The van der Waals surface area contributed by atoms with Crippen molar-refractivity contribution in [1.82, 2.24) is 9.88 Å². The van der Waals surface area contributed by atoms with Gasteiger partial charge in [-0.15, -0.1) is 0 Å². The molecule has 5 nitrogen and oxygen atoms in total. The second-order valence-electron chi connectivity index (χ2n) is 7.87. The topological polar surface area (TPSA) is 60.2 Å². The Morgan fingerprint density at radius 1 is 1.25 bits per heavy atom. The highest BCUT2D eigenvalue weighted by molar-refractivity contribution is 5.74. The van der Waals surface area contributed by atoms with Crippen LogP contribution in [0, 0.1) is 42.8 Å². The SMILES string of the molecule is CC(=O)N1C[C@H]2CN(c3cc(C)c(C#N)c(C)n3)C[C@H]2[C@H]1c1cccc(F)c1. The Labute approximate surface area is 164 Å². The third-order valence-electron chi connectivity index (χ3n) is 6.08. The van der Waals surface area contributed by atoms with Crippen LogP contribution in [0.15, 0.2) is 30.3 Å². The Hall–Kier alpha value is -2.94. The predicted octanol–water partition coefficient (Wildman–Crippen LogP) is 3.37. The van der Waals surface area contributed by atoms with Gasteiger partial charge < -0.3 is 9.80 Å². The highest BCUT2D eigenvalue weighted by Gasteiger charge is 2.48. The molecule has 28 heavy (non-hydrogen) atoms. The highest BCUT2D eigenvalue weighted by Crippen LogP contribution is 2.46. The quantitative estimate of drug-likeness (QED) is 0.804. The lowest BCUT2D eigenvalue weighted by Crippen LogP contribution is -2.34. The number of carbonyl (C=O) groups is 1. The second kappa shape index (κ2) is 6.90. The summed E-state index contributed by atoms with van der Waals surface area (Å²) >= 11 is 0. The second-order valence-corrected chi connectivity index (χ2v) is 7.87. The summed E-state index contributed by atoms with van der Waals surface area (Å²) < 4.78 is 13.8. The number of likely N-dealkylation sites (tertiary alicyclic amines) is 1. The van der Waals surface area contributed by atoms with E-state index in [1.807, 2.05) is 30.9 Å². The number of amides is 1. The van der Waals surface area contributed by atoms with Crippen molar-refractivity contribution in [2.45, 2.75) is 26.8 Å². The maximum atomic E-state index is 13.8. The van der Waals surface area contributed by atoms with Crippen LogP contribution >= 0.6 is 0 Å². The molecule has 0 unspecified atom stereocenters. The Morgan fingerprint density at radius 2 is 2.04 bits per heavy atom. The number of fused-ring (bicyclic) bond motifs is 1. The molecule has 0 aliphatic carbocycles. The third-order valence-corrected chi connectivity index (χ3v) is 6.08. The van der Waals surface area contributed by atoms with Crippen molar-refractivity contribution in [1.29, 1.82) is 5.26 Å². The molecule has 0 bridgehead atoms. The minimum atomic E-state index is -0.278. The van der Waals surface area contributed by atoms with Gasteiger partial charge in [0.15, 0.2) is 0 Å². The Morgan fingerprint density at radius 3 is 2.68 bits per heavy atom. The first kappa shape index (κ1) is 18.4. The largest absolute Gasteiger partial charge is 0.356 e. The summed E-state index contributed by atoms with van der Waals surface area (Å²) in [5, 5.41) is 9.28. The lowest BCUT2D eigenvalue weighted by atomic mass is 9.89. The molecule has 0 spiro atoms. The van der Waals surface area contributed by atoms with Gasteiger partial charge in [-0.2, -0.15) is 5.26 Å². The van der Waals surface area contributed by atoms with E-state index in [0.29, 0.717) is 18.0 Å². The zero-order valence-electron chi connectivity index (χ0n) is 16.3. The third kappa shape index (κ3) is 3.01. The molecular formula is C22H23FN4O. The Kier molecular flexibility index (Phi) is 4.54. The number of hydrogen-bond acceptors (Lipinski definition) is 4. The molecule has 3 atom stereocenters. The van der Waals surface area contributed by atoms with E-state index >= 15 is 0 Å². The van der Waals surface area contributed by atoms with Gasteiger partial charge in [0.25, 0.3) is 0 Å². The molecule has 4 rings (SSSR count). The van der Waals surface area contributed by atoms with Crippen LogP contribution in [0.1, 0.15) is 35.3 Å². The van der Waals surface area contributed by atoms with E-state index in [-0.39, 0.29) is 23.7 Å². The van der Waals surface area contributed by atoms with E-state index in [9.17, 15) is 14.4 Å². The minimum absolute atomic E-state index is 0.0263. The summed E-state index contributed by atoms with van der Waals surface area (Å²) in [6, 6.07) is 10.6. The number of carbonyl (C=O) groups excluding carboxylic acids is 1.